The highest BCUT2D eigenvalue weighted by Gasteiger charge is 2.22. The van der Waals surface area contributed by atoms with Gasteiger partial charge in [-0.25, -0.2) is 9.48 Å². The minimum Gasteiger partial charge on any atom is -0.444 e. The number of para-hydroxylation sites is 1. The molecular weight excluding hydrogens is 406 g/mol. The van der Waals surface area contributed by atoms with E-state index in [0.717, 1.165) is 11.1 Å². The van der Waals surface area contributed by atoms with Gasteiger partial charge in [-0.1, -0.05) is 53.7 Å². The lowest BCUT2D eigenvalue weighted by Gasteiger charge is -2.27. The molecule has 1 heterocycles. The molecule has 3 rings (SSSR count). The summed E-state index contributed by atoms with van der Waals surface area (Å²) in [6.45, 7) is 8.69. The van der Waals surface area contributed by atoms with Crippen molar-refractivity contribution in [2.45, 2.75) is 46.4 Å². The van der Waals surface area contributed by atoms with Crippen LogP contribution in [0.3, 0.4) is 0 Å². The van der Waals surface area contributed by atoms with Gasteiger partial charge < -0.3 is 15.0 Å². The Labute approximate surface area is 188 Å². The summed E-state index contributed by atoms with van der Waals surface area (Å²) in [5.74, 6) is -0.364. The molecule has 2 aromatic carbocycles. The molecule has 0 bridgehead atoms. The van der Waals surface area contributed by atoms with Crippen LogP contribution in [0.5, 0.6) is 0 Å². The van der Waals surface area contributed by atoms with E-state index in [1.165, 1.54) is 0 Å². The summed E-state index contributed by atoms with van der Waals surface area (Å²) < 4.78 is 7.11. The maximum absolute atomic E-state index is 12.8. The van der Waals surface area contributed by atoms with Gasteiger partial charge in [-0.05, 0) is 44.9 Å². The Morgan fingerprint density at radius 2 is 1.75 bits per heavy atom. The van der Waals surface area contributed by atoms with Gasteiger partial charge in [0.2, 0.25) is 0 Å². The van der Waals surface area contributed by atoms with E-state index in [4.69, 9.17) is 4.74 Å². The maximum Gasteiger partial charge on any atom is 0.410 e. The SMILES string of the molecule is CCN(Cc1ccccc1NC(=O)c1cn(Cc2ccccc2)nn1)C(=O)OC(C)(C)C. The van der Waals surface area contributed by atoms with Crippen molar-refractivity contribution in [1.82, 2.24) is 19.9 Å². The first-order valence-electron chi connectivity index (χ1n) is 10.6. The van der Waals surface area contributed by atoms with Crippen LogP contribution in [0, 0.1) is 0 Å². The van der Waals surface area contributed by atoms with Crippen LogP contribution in [-0.2, 0) is 17.8 Å². The monoisotopic (exact) mass is 435 g/mol. The third-order valence-corrected chi connectivity index (χ3v) is 4.62. The van der Waals surface area contributed by atoms with Gasteiger partial charge in [0.25, 0.3) is 5.91 Å². The van der Waals surface area contributed by atoms with Crippen molar-refractivity contribution < 1.29 is 14.3 Å². The van der Waals surface area contributed by atoms with Crippen molar-refractivity contribution in [2.75, 3.05) is 11.9 Å². The fourth-order valence-corrected chi connectivity index (χ4v) is 3.05. The Morgan fingerprint density at radius 3 is 2.44 bits per heavy atom. The first-order chi connectivity index (χ1) is 15.2. The normalized spacial score (nSPS) is 11.1. The summed E-state index contributed by atoms with van der Waals surface area (Å²) >= 11 is 0. The third-order valence-electron chi connectivity index (χ3n) is 4.62. The molecule has 0 aliphatic heterocycles. The number of aromatic nitrogens is 3. The third kappa shape index (κ3) is 6.41. The minimum absolute atomic E-state index is 0.218. The molecule has 0 fully saturated rings. The summed E-state index contributed by atoms with van der Waals surface area (Å²) in [5.41, 5.74) is 2.11. The van der Waals surface area contributed by atoms with Crippen molar-refractivity contribution in [3.8, 4) is 0 Å². The largest absolute Gasteiger partial charge is 0.444 e. The van der Waals surface area contributed by atoms with Gasteiger partial charge in [-0.3, -0.25) is 4.79 Å². The molecule has 0 atom stereocenters. The number of ether oxygens (including phenoxy) is 1. The fourth-order valence-electron chi connectivity index (χ4n) is 3.05. The van der Waals surface area contributed by atoms with Gasteiger partial charge in [0.15, 0.2) is 5.69 Å². The number of carbonyl (C=O) groups excluding carboxylic acids is 2. The molecule has 0 saturated carbocycles. The van der Waals surface area contributed by atoms with Crippen LogP contribution in [0.15, 0.2) is 60.8 Å². The van der Waals surface area contributed by atoms with Crippen molar-refractivity contribution in [1.29, 1.82) is 0 Å². The van der Waals surface area contributed by atoms with E-state index < -0.39 is 11.7 Å². The lowest BCUT2D eigenvalue weighted by Crippen LogP contribution is -2.36. The lowest BCUT2D eigenvalue weighted by molar-refractivity contribution is 0.0245. The first-order valence-corrected chi connectivity index (χ1v) is 10.6. The highest BCUT2D eigenvalue weighted by Crippen LogP contribution is 2.20. The molecule has 3 aromatic rings. The van der Waals surface area contributed by atoms with Crippen molar-refractivity contribution >= 4 is 17.7 Å². The Kier molecular flexibility index (Phi) is 7.25. The molecule has 1 aromatic heterocycles. The number of amides is 2. The molecule has 0 saturated heterocycles. The maximum atomic E-state index is 12.8. The average molecular weight is 436 g/mol. The highest BCUT2D eigenvalue weighted by molar-refractivity contribution is 6.03. The van der Waals surface area contributed by atoms with E-state index in [9.17, 15) is 9.59 Å². The van der Waals surface area contributed by atoms with E-state index in [0.29, 0.717) is 25.3 Å². The van der Waals surface area contributed by atoms with Crippen molar-refractivity contribution in [2.24, 2.45) is 0 Å². The van der Waals surface area contributed by atoms with Crippen molar-refractivity contribution in [3.05, 3.63) is 77.6 Å². The summed E-state index contributed by atoms with van der Waals surface area (Å²) in [6, 6.07) is 17.2. The second kappa shape index (κ2) is 10.1. The van der Waals surface area contributed by atoms with E-state index in [1.807, 2.05) is 76.2 Å². The molecule has 2 amide bonds. The Balaban J connectivity index is 1.69. The minimum atomic E-state index is -0.580. The predicted molar refractivity (Wildman–Crippen MR) is 122 cm³/mol. The topological polar surface area (TPSA) is 89.4 Å². The zero-order valence-electron chi connectivity index (χ0n) is 18.9. The number of hydrogen-bond donors (Lipinski definition) is 1. The van der Waals surface area contributed by atoms with Gasteiger partial charge in [0.1, 0.15) is 5.60 Å². The second-order valence-electron chi connectivity index (χ2n) is 8.39. The molecule has 168 valence electrons. The van der Waals surface area contributed by atoms with E-state index in [1.54, 1.807) is 21.8 Å². The standard InChI is InChI=1S/C24H29N5O3/c1-5-28(23(31)32-24(2,3)4)16-19-13-9-10-14-20(19)25-22(30)21-17-29(27-26-21)15-18-11-7-6-8-12-18/h6-14,17H,5,15-16H2,1-4H3,(H,25,30). The molecule has 32 heavy (non-hydrogen) atoms. The number of nitrogens with one attached hydrogen (secondary N) is 1. The summed E-state index contributed by atoms with van der Waals surface area (Å²) in [7, 11) is 0. The Morgan fingerprint density at radius 1 is 1.06 bits per heavy atom. The van der Waals surface area contributed by atoms with Crippen LogP contribution in [-0.4, -0.2) is 44.0 Å². The first kappa shape index (κ1) is 23.0. The van der Waals surface area contributed by atoms with Crippen LogP contribution in [0.2, 0.25) is 0 Å². The number of carbonyl (C=O) groups is 2. The average Bonchev–Trinajstić information content (AvgIpc) is 3.21. The molecule has 0 aliphatic carbocycles. The summed E-state index contributed by atoms with van der Waals surface area (Å²) in [5, 5.41) is 10.9. The van der Waals surface area contributed by atoms with Gasteiger partial charge in [-0.15, -0.1) is 5.10 Å². The number of nitrogens with zero attached hydrogens (tertiary/aromatic N) is 4. The molecule has 0 aliphatic rings. The zero-order valence-corrected chi connectivity index (χ0v) is 18.9. The van der Waals surface area contributed by atoms with Crippen molar-refractivity contribution in [3.63, 3.8) is 0 Å². The Bertz CT molecular complexity index is 1060. The quantitative estimate of drug-likeness (QED) is 0.596. The fraction of sp³-hybridized carbons (Fsp3) is 0.333. The molecule has 8 nitrogen and oxygen atoms in total. The van der Waals surface area contributed by atoms with Crippen LogP contribution in [0.25, 0.3) is 0 Å². The zero-order chi connectivity index (χ0) is 23.1. The summed E-state index contributed by atoms with van der Waals surface area (Å²) in [4.78, 5) is 26.9. The Hall–Kier alpha value is -3.68. The smallest absolute Gasteiger partial charge is 0.410 e. The van der Waals surface area contributed by atoms with Crippen LogP contribution < -0.4 is 5.32 Å². The number of anilines is 1. The molecule has 0 unspecified atom stereocenters. The van der Waals surface area contributed by atoms with Crippen LogP contribution in [0.4, 0.5) is 10.5 Å². The van der Waals surface area contributed by atoms with Crippen LogP contribution in [0.1, 0.15) is 49.3 Å². The molecule has 8 heteroatoms. The number of rotatable bonds is 7. The van der Waals surface area contributed by atoms with E-state index >= 15 is 0 Å². The van der Waals surface area contributed by atoms with Gasteiger partial charge in [0, 0.05) is 12.2 Å². The molecule has 1 N–H and O–H groups in total. The molecular formula is C24H29N5O3. The molecule has 0 spiro atoms. The van der Waals surface area contributed by atoms with E-state index in [-0.39, 0.29) is 11.6 Å². The van der Waals surface area contributed by atoms with Gasteiger partial charge in [0.05, 0.1) is 19.3 Å². The molecule has 0 radical (unpaired) electrons. The summed E-state index contributed by atoms with van der Waals surface area (Å²) in [6.07, 6.45) is 1.22. The number of benzene rings is 2. The van der Waals surface area contributed by atoms with Gasteiger partial charge >= 0.3 is 6.09 Å². The highest BCUT2D eigenvalue weighted by atomic mass is 16.6. The second-order valence-corrected chi connectivity index (χ2v) is 8.39. The predicted octanol–water partition coefficient (Wildman–Crippen LogP) is 4.34. The van der Waals surface area contributed by atoms with E-state index in [2.05, 4.69) is 15.6 Å². The van der Waals surface area contributed by atoms with Gasteiger partial charge in [-0.2, -0.15) is 0 Å². The van der Waals surface area contributed by atoms with Crippen LogP contribution >= 0.6 is 0 Å². The number of hydrogen-bond acceptors (Lipinski definition) is 5. The lowest BCUT2D eigenvalue weighted by atomic mass is 10.1.